The first-order chi connectivity index (χ1) is 16.6. The lowest BCUT2D eigenvalue weighted by Crippen LogP contribution is -2.44. The molecule has 2 amide bonds. The van der Waals surface area contributed by atoms with Gasteiger partial charge in [0.15, 0.2) is 5.78 Å². The average molecular weight is 451 g/mol. The number of hydrazone groups is 1. The first kappa shape index (κ1) is 20.4. The molecule has 7 nitrogen and oxygen atoms in total. The number of carbonyl (C=O) groups excluding carboxylic acids is 3. The molecule has 3 aliphatic rings. The number of fused-ring (bicyclic) bond motifs is 5. The first-order valence-corrected chi connectivity index (χ1v) is 11.1. The van der Waals surface area contributed by atoms with E-state index in [1.165, 1.54) is 4.90 Å². The second-order valence-corrected chi connectivity index (χ2v) is 8.63. The Bertz CT molecular complexity index is 1340. The van der Waals surface area contributed by atoms with Crippen molar-refractivity contribution in [2.24, 2.45) is 16.9 Å². The van der Waals surface area contributed by atoms with Gasteiger partial charge in [0.2, 0.25) is 11.8 Å². The minimum atomic E-state index is -0.873. The van der Waals surface area contributed by atoms with E-state index in [2.05, 4.69) is 5.10 Å². The lowest BCUT2D eigenvalue weighted by atomic mass is 9.83. The monoisotopic (exact) mass is 451 g/mol. The first-order valence-electron chi connectivity index (χ1n) is 11.1. The fourth-order valence-electron chi connectivity index (χ4n) is 5.43. The van der Waals surface area contributed by atoms with E-state index in [0.717, 1.165) is 11.1 Å². The maximum atomic E-state index is 13.8. The topological polar surface area (TPSA) is 79.3 Å². The highest BCUT2D eigenvalue weighted by Gasteiger charge is 2.65. The molecule has 0 bridgehead atoms. The third kappa shape index (κ3) is 2.83. The molecule has 0 radical (unpaired) electrons. The maximum absolute atomic E-state index is 13.8. The Balaban J connectivity index is 1.48. The van der Waals surface area contributed by atoms with E-state index < -0.39 is 23.9 Å². The summed E-state index contributed by atoms with van der Waals surface area (Å²) < 4.78 is 5.21. The van der Waals surface area contributed by atoms with Crippen molar-refractivity contribution in [2.75, 3.05) is 12.0 Å². The van der Waals surface area contributed by atoms with Crippen LogP contribution < -0.4 is 9.64 Å². The number of benzene rings is 3. The molecule has 0 aliphatic carbocycles. The van der Waals surface area contributed by atoms with Crippen LogP contribution in [0.3, 0.4) is 0 Å². The Morgan fingerprint density at radius 3 is 2.26 bits per heavy atom. The van der Waals surface area contributed by atoms with Crippen LogP contribution in [-0.4, -0.2) is 42.0 Å². The number of Topliss-reactive ketones (excluding diaryl/α,β-unsaturated/α-hetero) is 1. The maximum Gasteiger partial charge on any atom is 0.240 e. The quantitative estimate of drug-likeness (QED) is 0.448. The fourth-order valence-corrected chi connectivity index (χ4v) is 5.43. The van der Waals surface area contributed by atoms with Crippen molar-refractivity contribution < 1.29 is 19.1 Å². The summed E-state index contributed by atoms with van der Waals surface area (Å²) in [5.74, 6) is -1.84. The molecular formula is C27H21N3O4. The predicted octanol–water partition coefficient (Wildman–Crippen LogP) is 3.46. The summed E-state index contributed by atoms with van der Waals surface area (Å²) in [5, 5.41) is 6.26. The largest absolute Gasteiger partial charge is 0.497 e. The van der Waals surface area contributed by atoms with Gasteiger partial charge in [-0.2, -0.15) is 5.10 Å². The molecule has 3 aromatic rings. The molecule has 3 aliphatic heterocycles. The number of imide groups is 1. The zero-order valence-corrected chi connectivity index (χ0v) is 18.4. The number of carbonyl (C=O) groups is 3. The Labute approximate surface area is 196 Å². The van der Waals surface area contributed by atoms with E-state index in [1.807, 2.05) is 30.3 Å². The molecule has 6 rings (SSSR count). The van der Waals surface area contributed by atoms with Crippen molar-refractivity contribution >= 4 is 29.5 Å². The van der Waals surface area contributed by atoms with E-state index in [1.54, 1.807) is 66.9 Å². The van der Waals surface area contributed by atoms with E-state index in [0.29, 0.717) is 17.0 Å². The van der Waals surface area contributed by atoms with Crippen LogP contribution in [0, 0.1) is 11.8 Å². The van der Waals surface area contributed by atoms with Gasteiger partial charge in [0.05, 0.1) is 36.9 Å². The highest BCUT2D eigenvalue weighted by Crippen LogP contribution is 2.53. The van der Waals surface area contributed by atoms with Crippen LogP contribution in [0.4, 0.5) is 5.69 Å². The second-order valence-electron chi connectivity index (χ2n) is 8.63. The summed E-state index contributed by atoms with van der Waals surface area (Å²) in [7, 11) is 1.56. The van der Waals surface area contributed by atoms with E-state index in [-0.39, 0.29) is 17.6 Å². The number of anilines is 1. The Morgan fingerprint density at radius 2 is 1.53 bits per heavy atom. The van der Waals surface area contributed by atoms with E-state index in [4.69, 9.17) is 4.74 Å². The minimum Gasteiger partial charge on any atom is -0.497 e. The molecule has 3 heterocycles. The number of hydrogen-bond donors (Lipinski definition) is 0. The standard InChI is InChI=1S/C27H21N3O4/c1-34-19-13-11-18(12-14-19)29-26(32)21-22(27(29)33)24(25(31)16-7-3-2-4-8-16)30-23(21)20-10-6-5-9-17(20)15-28-30/h2-15,21-24H,1H3. The number of rotatable bonds is 4. The van der Waals surface area contributed by atoms with Gasteiger partial charge in [-0.3, -0.25) is 19.4 Å². The molecule has 34 heavy (non-hydrogen) atoms. The van der Waals surface area contributed by atoms with Crippen molar-refractivity contribution in [3.63, 3.8) is 0 Å². The van der Waals surface area contributed by atoms with Crippen LogP contribution in [-0.2, 0) is 9.59 Å². The number of ketones is 1. The van der Waals surface area contributed by atoms with Gasteiger partial charge in [-0.25, -0.2) is 4.90 Å². The van der Waals surface area contributed by atoms with Crippen molar-refractivity contribution in [2.45, 2.75) is 12.1 Å². The third-order valence-electron chi connectivity index (χ3n) is 6.95. The molecule has 2 fully saturated rings. The third-order valence-corrected chi connectivity index (χ3v) is 6.95. The summed E-state index contributed by atoms with van der Waals surface area (Å²) in [6.45, 7) is 0. The van der Waals surface area contributed by atoms with Crippen molar-refractivity contribution in [1.29, 1.82) is 0 Å². The van der Waals surface area contributed by atoms with Gasteiger partial charge >= 0.3 is 0 Å². The number of ether oxygens (including phenoxy) is 1. The Morgan fingerprint density at radius 1 is 0.853 bits per heavy atom. The molecule has 4 atom stereocenters. The smallest absolute Gasteiger partial charge is 0.240 e. The number of methoxy groups -OCH3 is 1. The van der Waals surface area contributed by atoms with Gasteiger partial charge in [-0.1, -0.05) is 54.6 Å². The van der Waals surface area contributed by atoms with Gasteiger partial charge in [0.25, 0.3) is 0 Å². The molecule has 4 unspecified atom stereocenters. The van der Waals surface area contributed by atoms with Crippen LogP contribution in [0.2, 0.25) is 0 Å². The predicted molar refractivity (Wildman–Crippen MR) is 126 cm³/mol. The van der Waals surface area contributed by atoms with Gasteiger partial charge in [0.1, 0.15) is 11.8 Å². The summed E-state index contributed by atoms with van der Waals surface area (Å²) in [4.78, 5) is 42.5. The Hall–Kier alpha value is -4.26. The zero-order chi connectivity index (χ0) is 23.4. The average Bonchev–Trinajstić information content (AvgIpc) is 3.36. The van der Waals surface area contributed by atoms with Gasteiger partial charge < -0.3 is 4.74 Å². The van der Waals surface area contributed by atoms with Crippen LogP contribution in [0.25, 0.3) is 0 Å². The van der Waals surface area contributed by atoms with Crippen LogP contribution >= 0.6 is 0 Å². The molecule has 3 aromatic carbocycles. The number of nitrogens with zero attached hydrogens (tertiary/aromatic N) is 3. The number of hydrogen-bond acceptors (Lipinski definition) is 6. The number of amides is 2. The summed E-state index contributed by atoms with van der Waals surface area (Å²) in [6, 6.07) is 22.0. The van der Waals surface area contributed by atoms with Gasteiger partial charge in [-0.15, -0.1) is 0 Å². The summed E-state index contributed by atoms with van der Waals surface area (Å²) >= 11 is 0. The highest BCUT2D eigenvalue weighted by atomic mass is 16.5. The lowest BCUT2D eigenvalue weighted by Gasteiger charge is -2.33. The molecule has 7 heteroatoms. The molecule has 168 valence electrons. The van der Waals surface area contributed by atoms with Crippen LogP contribution in [0.1, 0.15) is 27.5 Å². The summed E-state index contributed by atoms with van der Waals surface area (Å²) in [6.07, 6.45) is 1.70. The van der Waals surface area contributed by atoms with Crippen LogP contribution in [0.15, 0.2) is 84.0 Å². The minimum absolute atomic E-state index is 0.215. The van der Waals surface area contributed by atoms with Gasteiger partial charge in [0, 0.05) is 5.56 Å². The molecule has 0 spiro atoms. The SMILES string of the molecule is COc1ccc(N2C(=O)C3C(C2=O)C2c4ccccc4C=NN2C3C(=O)c2ccccc2)cc1. The molecule has 0 N–H and O–H groups in total. The zero-order valence-electron chi connectivity index (χ0n) is 18.4. The molecular weight excluding hydrogens is 430 g/mol. The molecule has 2 saturated heterocycles. The highest BCUT2D eigenvalue weighted by molar-refractivity contribution is 6.24. The van der Waals surface area contributed by atoms with Crippen LogP contribution in [0.5, 0.6) is 5.75 Å². The lowest BCUT2D eigenvalue weighted by molar-refractivity contribution is -0.124. The second kappa shape index (κ2) is 7.66. The normalized spacial score (nSPS) is 24.6. The van der Waals surface area contributed by atoms with E-state index >= 15 is 0 Å². The van der Waals surface area contributed by atoms with Crippen molar-refractivity contribution in [3.05, 3.63) is 95.6 Å². The van der Waals surface area contributed by atoms with Crippen molar-refractivity contribution in [1.82, 2.24) is 5.01 Å². The van der Waals surface area contributed by atoms with Gasteiger partial charge in [-0.05, 0) is 35.4 Å². The van der Waals surface area contributed by atoms with Crippen molar-refractivity contribution in [3.8, 4) is 5.75 Å². The fraction of sp³-hybridized carbons (Fsp3) is 0.185. The molecule has 0 aromatic heterocycles. The molecule has 0 saturated carbocycles. The van der Waals surface area contributed by atoms with E-state index in [9.17, 15) is 14.4 Å². The summed E-state index contributed by atoms with van der Waals surface area (Å²) in [5.41, 5.74) is 2.74. The Kier molecular flexibility index (Phi) is 4.58.